The zero-order chi connectivity index (χ0) is 16.3. The Bertz CT molecular complexity index is 497. The first kappa shape index (κ1) is 17.3. The SMILES string of the molecule is CC(C)CN1CCC(Nc2ncc(C(F)(F)F)cc2Cl)CC1. The summed E-state index contributed by atoms with van der Waals surface area (Å²) in [6, 6.07) is 1.12. The van der Waals surface area contributed by atoms with Gasteiger partial charge in [0.1, 0.15) is 5.82 Å². The van der Waals surface area contributed by atoms with Gasteiger partial charge in [0.15, 0.2) is 0 Å². The van der Waals surface area contributed by atoms with Crippen LogP contribution in [-0.2, 0) is 6.18 Å². The van der Waals surface area contributed by atoms with E-state index in [1.807, 2.05) is 0 Å². The molecule has 1 aromatic rings. The maximum atomic E-state index is 12.6. The van der Waals surface area contributed by atoms with Crippen molar-refractivity contribution in [1.29, 1.82) is 0 Å². The molecule has 2 heterocycles. The summed E-state index contributed by atoms with van der Waals surface area (Å²) in [4.78, 5) is 6.24. The first-order valence-corrected chi connectivity index (χ1v) is 7.85. The van der Waals surface area contributed by atoms with Crippen molar-refractivity contribution in [3.8, 4) is 0 Å². The highest BCUT2D eigenvalue weighted by Gasteiger charge is 2.31. The molecule has 2 rings (SSSR count). The van der Waals surface area contributed by atoms with Crippen LogP contribution in [0.1, 0.15) is 32.3 Å². The Balaban J connectivity index is 1.92. The van der Waals surface area contributed by atoms with Gasteiger partial charge in [-0.2, -0.15) is 13.2 Å². The molecule has 1 fully saturated rings. The fraction of sp³-hybridized carbons (Fsp3) is 0.667. The van der Waals surface area contributed by atoms with Crippen molar-refractivity contribution in [2.45, 2.75) is 38.9 Å². The van der Waals surface area contributed by atoms with Crippen molar-refractivity contribution in [3.05, 3.63) is 22.8 Å². The number of pyridine rings is 1. The summed E-state index contributed by atoms with van der Waals surface area (Å²) in [6.45, 7) is 7.42. The Morgan fingerprint density at radius 3 is 2.50 bits per heavy atom. The molecule has 0 radical (unpaired) electrons. The minimum absolute atomic E-state index is 0.0134. The number of aromatic nitrogens is 1. The standard InChI is InChI=1S/C15H21ClF3N3/c1-10(2)9-22-5-3-12(4-6-22)21-14-13(16)7-11(8-20-14)15(17,18)19/h7-8,10,12H,3-6,9H2,1-2H3,(H,20,21). The van der Waals surface area contributed by atoms with Gasteiger partial charge in [-0.15, -0.1) is 0 Å². The second-order valence-electron chi connectivity index (χ2n) is 6.17. The first-order valence-electron chi connectivity index (χ1n) is 7.47. The van der Waals surface area contributed by atoms with E-state index >= 15 is 0 Å². The molecule has 0 amide bonds. The number of nitrogens with zero attached hydrogens (tertiary/aromatic N) is 2. The fourth-order valence-corrected chi connectivity index (χ4v) is 2.89. The van der Waals surface area contributed by atoms with Crippen molar-refractivity contribution in [2.75, 3.05) is 25.0 Å². The Labute approximate surface area is 133 Å². The van der Waals surface area contributed by atoms with Crippen LogP contribution in [0.4, 0.5) is 19.0 Å². The predicted octanol–water partition coefficient (Wildman–Crippen LogP) is 4.29. The van der Waals surface area contributed by atoms with Crippen LogP contribution in [0, 0.1) is 5.92 Å². The zero-order valence-corrected chi connectivity index (χ0v) is 13.5. The Hall–Kier alpha value is -1.01. The lowest BCUT2D eigenvalue weighted by molar-refractivity contribution is -0.137. The number of anilines is 1. The number of hydrogen-bond donors (Lipinski definition) is 1. The Morgan fingerprint density at radius 1 is 1.36 bits per heavy atom. The fourth-order valence-electron chi connectivity index (χ4n) is 2.67. The molecule has 124 valence electrons. The van der Waals surface area contributed by atoms with Crippen LogP contribution in [-0.4, -0.2) is 35.6 Å². The van der Waals surface area contributed by atoms with Crippen LogP contribution >= 0.6 is 11.6 Å². The number of likely N-dealkylation sites (tertiary alicyclic amines) is 1. The molecule has 1 saturated heterocycles. The molecular weight excluding hydrogens is 315 g/mol. The van der Waals surface area contributed by atoms with Crippen LogP contribution in [0.15, 0.2) is 12.3 Å². The van der Waals surface area contributed by atoms with Crippen LogP contribution < -0.4 is 5.32 Å². The van der Waals surface area contributed by atoms with E-state index < -0.39 is 11.7 Å². The molecule has 0 bridgehead atoms. The molecule has 1 aliphatic rings. The van der Waals surface area contributed by atoms with Gasteiger partial charge in [-0.05, 0) is 24.8 Å². The second-order valence-corrected chi connectivity index (χ2v) is 6.57. The van der Waals surface area contributed by atoms with Gasteiger partial charge in [0, 0.05) is 31.9 Å². The number of halogens is 4. The lowest BCUT2D eigenvalue weighted by Crippen LogP contribution is -2.40. The van der Waals surface area contributed by atoms with E-state index in [9.17, 15) is 13.2 Å². The van der Waals surface area contributed by atoms with Gasteiger partial charge in [0.2, 0.25) is 0 Å². The van der Waals surface area contributed by atoms with Gasteiger partial charge in [-0.1, -0.05) is 25.4 Å². The normalized spacial score (nSPS) is 18.0. The van der Waals surface area contributed by atoms with Gasteiger partial charge >= 0.3 is 6.18 Å². The largest absolute Gasteiger partial charge is 0.417 e. The van der Waals surface area contributed by atoms with Crippen LogP contribution in [0.25, 0.3) is 0 Å². The lowest BCUT2D eigenvalue weighted by atomic mass is 10.0. The number of rotatable bonds is 4. The quantitative estimate of drug-likeness (QED) is 0.889. The summed E-state index contributed by atoms with van der Waals surface area (Å²) in [5.41, 5.74) is -0.824. The van der Waals surface area contributed by atoms with Crippen molar-refractivity contribution in [3.63, 3.8) is 0 Å². The molecule has 22 heavy (non-hydrogen) atoms. The molecule has 0 atom stereocenters. The molecule has 1 aliphatic heterocycles. The van der Waals surface area contributed by atoms with Crippen LogP contribution in [0.2, 0.25) is 5.02 Å². The number of hydrogen-bond acceptors (Lipinski definition) is 3. The molecule has 1 N–H and O–H groups in total. The molecule has 0 unspecified atom stereocenters. The van der Waals surface area contributed by atoms with E-state index in [1.54, 1.807) is 0 Å². The molecule has 0 spiro atoms. The summed E-state index contributed by atoms with van der Waals surface area (Å²) in [5, 5.41) is 3.18. The minimum atomic E-state index is -4.42. The van der Waals surface area contributed by atoms with Crippen molar-refractivity contribution >= 4 is 17.4 Å². The second kappa shape index (κ2) is 7.04. The van der Waals surface area contributed by atoms with Crippen LogP contribution in [0.5, 0.6) is 0 Å². The summed E-state index contributed by atoms with van der Waals surface area (Å²) in [5.74, 6) is 0.965. The highest BCUT2D eigenvalue weighted by Crippen LogP contribution is 2.32. The molecule has 3 nitrogen and oxygen atoms in total. The monoisotopic (exact) mass is 335 g/mol. The number of alkyl halides is 3. The first-order chi connectivity index (χ1) is 10.3. The van der Waals surface area contributed by atoms with E-state index in [0.29, 0.717) is 11.7 Å². The molecule has 0 aliphatic carbocycles. The maximum absolute atomic E-state index is 12.6. The van der Waals surface area contributed by atoms with Crippen molar-refractivity contribution in [2.24, 2.45) is 5.92 Å². The average molecular weight is 336 g/mol. The maximum Gasteiger partial charge on any atom is 0.417 e. The van der Waals surface area contributed by atoms with Gasteiger partial charge in [-0.3, -0.25) is 0 Å². The molecule has 1 aromatic heterocycles. The van der Waals surface area contributed by atoms with Gasteiger partial charge in [0.05, 0.1) is 10.6 Å². The predicted molar refractivity (Wildman–Crippen MR) is 82.2 cm³/mol. The summed E-state index contributed by atoms with van der Waals surface area (Å²) in [6.07, 6.45) is -1.73. The summed E-state index contributed by atoms with van der Waals surface area (Å²) in [7, 11) is 0. The van der Waals surface area contributed by atoms with Gasteiger partial charge in [-0.25, -0.2) is 4.98 Å². The van der Waals surface area contributed by atoms with E-state index in [4.69, 9.17) is 11.6 Å². The number of nitrogens with one attached hydrogen (secondary N) is 1. The highest BCUT2D eigenvalue weighted by atomic mass is 35.5. The molecule has 7 heteroatoms. The Morgan fingerprint density at radius 2 is 2.00 bits per heavy atom. The smallest absolute Gasteiger partial charge is 0.366 e. The third kappa shape index (κ3) is 4.74. The minimum Gasteiger partial charge on any atom is -0.366 e. The summed E-state index contributed by atoms with van der Waals surface area (Å²) < 4.78 is 37.7. The van der Waals surface area contributed by atoms with Gasteiger partial charge < -0.3 is 10.2 Å². The average Bonchev–Trinajstić information content (AvgIpc) is 2.41. The lowest BCUT2D eigenvalue weighted by Gasteiger charge is -2.33. The van der Waals surface area contributed by atoms with E-state index in [0.717, 1.165) is 44.7 Å². The molecule has 0 saturated carbocycles. The van der Waals surface area contributed by atoms with Gasteiger partial charge in [0.25, 0.3) is 0 Å². The molecule has 0 aromatic carbocycles. The van der Waals surface area contributed by atoms with E-state index in [-0.39, 0.29) is 11.1 Å². The number of piperidine rings is 1. The topological polar surface area (TPSA) is 28.2 Å². The van der Waals surface area contributed by atoms with Crippen molar-refractivity contribution < 1.29 is 13.2 Å². The van der Waals surface area contributed by atoms with Crippen LogP contribution in [0.3, 0.4) is 0 Å². The summed E-state index contributed by atoms with van der Waals surface area (Å²) >= 11 is 5.92. The van der Waals surface area contributed by atoms with Crippen molar-refractivity contribution in [1.82, 2.24) is 9.88 Å². The van der Waals surface area contributed by atoms with E-state index in [2.05, 4.69) is 29.0 Å². The van der Waals surface area contributed by atoms with E-state index in [1.165, 1.54) is 0 Å². The Kier molecular flexibility index (Phi) is 5.55. The third-order valence-electron chi connectivity index (χ3n) is 3.72. The third-order valence-corrected chi connectivity index (χ3v) is 4.01. The molecular formula is C15H21ClF3N3. The highest BCUT2D eigenvalue weighted by molar-refractivity contribution is 6.33. The zero-order valence-electron chi connectivity index (χ0n) is 12.8.